The summed E-state index contributed by atoms with van der Waals surface area (Å²) in [5, 5.41) is 20.1. The highest BCUT2D eigenvalue weighted by molar-refractivity contribution is 5.71. The maximum absolute atomic E-state index is 13.0. The van der Waals surface area contributed by atoms with Gasteiger partial charge in [0.25, 0.3) is 0 Å². The third-order valence-corrected chi connectivity index (χ3v) is 6.70. The zero-order chi connectivity index (χ0) is 27.3. The topological polar surface area (TPSA) is 108 Å². The second-order valence-electron chi connectivity index (χ2n) is 9.63. The number of aryl methyl sites for hydroxylation is 1. The van der Waals surface area contributed by atoms with Crippen LogP contribution in [-0.2, 0) is 18.3 Å². The van der Waals surface area contributed by atoms with Crippen molar-refractivity contribution in [2.24, 2.45) is 0 Å². The Balaban J connectivity index is 1.55. The van der Waals surface area contributed by atoms with Crippen molar-refractivity contribution in [3.8, 4) is 34.3 Å². The van der Waals surface area contributed by atoms with Crippen molar-refractivity contribution in [2.45, 2.75) is 57.5 Å². The molecule has 0 bridgehead atoms. The van der Waals surface area contributed by atoms with Crippen molar-refractivity contribution in [3.05, 3.63) is 60.0 Å². The minimum atomic E-state index is -4.53. The quantitative estimate of drug-likeness (QED) is 0.365. The molecule has 0 saturated heterocycles. The highest BCUT2D eigenvalue weighted by atomic mass is 19.4. The Kier molecular flexibility index (Phi) is 6.17. The average molecular weight is 530 g/mol. The van der Waals surface area contributed by atoms with Crippen LogP contribution in [0.3, 0.4) is 0 Å². The van der Waals surface area contributed by atoms with Gasteiger partial charge in [-0.1, -0.05) is 6.07 Å². The number of alkyl halides is 3. The van der Waals surface area contributed by atoms with Crippen LogP contribution in [0.25, 0.3) is 22.7 Å². The van der Waals surface area contributed by atoms with Gasteiger partial charge in [-0.15, -0.1) is 10.2 Å². The van der Waals surface area contributed by atoms with Gasteiger partial charge in [0.15, 0.2) is 28.9 Å². The van der Waals surface area contributed by atoms with Crippen molar-refractivity contribution >= 4 is 0 Å². The summed E-state index contributed by atoms with van der Waals surface area (Å²) < 4.78 is 58.3. The summed E-state index contributed by atoms with van der Waals surface area (Å²) >= 11 is 0. The maximum atomic E-state index is 13.0. The minimum Gasteiger partial charge on any atom is -0.496 e. The van der Waals surface area contributed by atoms with Gasteiger partial charge >= 0.3 is 6.18 Å². The monoisotopic (exact) mass is 529 g/mol. The summed E-state index contributed by atoms with van der Waals surface area (Å²) in [5.41, 5.74) is -2.36. The zero-order valence-electron chi connectivity index (χ0n) is 21.2. The molecule has 38 heavy (non-hydrogen) atoms. The third-order valence-electron chi connectivity index (χ3n) is 6.70. The van der Waals surface area contributed by atoms with E-state index in [1.165, 1.54) is 0 Å². The molecule has 0 radical (unpaired) electrons. The number of nitrogens with zero attached hydrogens (tertiary/aromatic N) is 5. The molecule has 200 valence electrons. The SMILES string of the molecule is COc1cc(-c2nnc3n2CCCC3(Oc2ccc(C(F)(F)F)cn2)C(C)(C)O)ccc1-c1cnc(C)o1. The number of ether oxygens (including phenoxy) is 2. The van der Waals surface area contributed by atoms with Crippen molar-refractivity contribution in [2.75, 3.05) is 7.11 Å². The van der Waals surface area contributed by atoms with Gasteiger partial charge in [0.05, 0.1) is 24.4 Å². The molecule has 4 heterocycles. The number of halogens is 3. The van der Waals surface area contributed by atoms with Crippen LogP contribution < -0.4 is 9.47 Å². The summed E-state index contributed by atoms with van der Waals surface area (Å²) in [7, 11) is 1.55. The van der Waals surface area contributed by atoms with Gasteiger partial charge in [-0.25, -0.2) is 9.97 Å². The van der Waals surface area contributed by atoms with E-state index in [0.717, 1.165) is 17.7 Å². The van der Waals surface area contributed by atoms with Crippen LogP contribution in [-0.4, -0.2) is 42.5 Å². The number of rotatable bonds is 6. The van der Waals surface area contributed by atoms with E-state index >= 15 is 0 Å². The number of hydrogen-bond acceptors (Lipinski definition) is 8. The maximum Gasteiger partial charge on any atom is 0.417 e. The Morgan fingerprint density at radius 2 is 1.87 bits per heavy atom. The standard InChI is InChI=1S/C26H26F3N5O4/c1-15-30-14-20(37-15)18-8-6-16(12-19(18)36-4)22-32-33-23-25(24(2,3)35,10-5-11-34(22)23)38-21-9-7-17(13-31-21)26(27,28)29/h6-9,12-14,35H,5,10-11H2,1-4H3. The summed E-state index contributed by atoms with van der Waals surface area (Å²) in [5.74, 6) is 2.45. The molecular formula is C26H26F3N5O4. The van der Waals surface area contributed by atoms with E-state index in [9.17, 15) is 18.3 Å². The molecule has 9 nitrogen and oxygen atoms in total. The van der Waals surface area contributed by atoms with Crippen LogP contribution >= 0.6 is 0 Å². The molecule has 12 heteroatoms. The van der Waals surface area contributed by atoms with Gasteiger partial charge in [-0.2, -0.15) is 13.2 Å². The highest BCUT2D eigenvalue weighted by Gasteiger charge is 2.54. The zero-order valence-corrected chi connectivity index (χ0v) is 21.2. The number of aromatic nitrogens is 5. The molecule has 1 aromatic carbocycles. The van der Waals surface area contributed by atoms with E-state index in [-0.39, 0.29) is 5.88 Å². The molecule has 5 rings (SSSR count). The lowest BCUT2D eigenvalue weighted by Crippen LogP contribution is -2.55. The molecule has 0 amide bonds. The predicted octanol–water partition coefficient (Wildman–Crippen LogP) is 5.17. The number of fused-ring (bicyclic) bond motifs is 1. The normalized spacial score (nSPS) is 17.8. The number of oxazole rings is 1. The van der Waals surface area contributed by atoms with E-state index in [1.807, 2.05) is 22.8 Å². The van der Waals surface area contributed by atoms with Crippen molar-refractivity contribution < 1.29 is 32.2 Å². The fourth-order valence-electron chi connectivity index (χ4n) is 4.73. The Bertz CT molecular complexity index is 1460. The Morgan fingerprint density at radius 3 is 2.47 bits per heavy atom. The van der Waals surface area contributed by atoms with Crippen LogP contribution in [0.5, 0.6) is 11.6 Å². The first-order chi connectivity index (χ1) is 17.9. The molecule has 1 aliphatic rings. The predicted molar refractivity (Wildman–Crippen MR) is 129 cm³/mol. The van der Waals surface area contributed by atoms with Crippen LogP contribution in [0.4, 0.5) is 13.2 Å². The Labute approximate surface area is 216 Å². The number of aliphatic hydroxyl groups is 1. The summed E-state index contributed by atoms with van der Waals surface area (Å²) in [6, 6.07) is 7.53. The molecule has 0 fully saturated rings. The minimum absolute atomic E-state index is 0.0634. The number of benzene rings is 1. The molecule has 1 unspecified atom stereocenters. The van der Waals surface area contributed by atoms with Crippen molar-refractivity contribution in [3.63, 3.8) is 0 Å². The summed E-state index contributed by atoms with van der Waals surface area (Å²) in [6.45, 7) is 5.44. The first-order valence-corrected chi connectivity index (χ1v) is 11.9. The molecule has 4 aromatic rings. The Morgan fingerprint density at radius 1 is 1.08 bits per heavy atom. The lowest BCUT2D eigenvalue weighted by molar-refractivity contribution is -0.141. The molecule has 1 atom stereocenters. The van der Waals surface area contributed by atoms with Crippen LogP contribution in [0.15, 0.2) is 47.1 Å². The lowest BCUT2D eigenvalue weighted by atomic mass is 9.79. The molecule has 0 spiro atoms. The number of pyridine rings is 1. The van der Waals surface area contributed by atoms with Crippen molar-refractivity contribution in [1.82, 2.24) is 24.7 Å². The number of hydrogen-bond donors (Lipinski definition) is 1. The van der Waals surface area contributed by atoms with Gasteiger partial charge in [-0.3, -0.25) is 0 Å². The molecule has 1 N–H and O–H groups in total. The van der Waals surface area contributed by atoms with E-state index in [0.29, 0.717) is 60.2 Å². The summed E-state index contributed by atoms with van der Waals surface area (Å²) in [6.07, 6.45) is -1.26. The largest absolute Gasteiger partial charge is 0.496 e. The van der Waals surface area contributed by atoms with Gasteiger partial charge in [0, 0.05) is 31.3 Å². The molecule has 0 saturated carbocycles. The molecule has 3 aromatic heterocycles. The van der Waals surface area contributed by atoms with Gasteiger partial charge < -0.3 is 23.6 Å². The van der Waals surface area contributed by atoms with Crippen LogP contribution in [0.1, 0.15) is 44.0 Å². The third kappa shape index (κ3) is 4.38. The van der Waals surface area contributed by atoms with Gasteiger partial charge in [-0.05, 0) is 44.9 Å². The summed E-state index contributed by atoms with van der Waals surface area (Å²) in [4.78, 5) is 8.00. The molecular weight excluding hydrogens is 503 g/mol. The Hall–Kier alpha value is -3.93. The number of methoxy groups -OCH3 is 1. The van der Waals surface area contributed by atoms with E-state index in [1.54, 1.807) is 34.1 Å². The fraction of sp³-hybridized carbons (Fsp3) is 0.385. The van der Waals surface area contributed by atoms with E-state index < -0.39 is 22.9 Å². The average Bonchev–Trinajstić information content (AvgIpc) is 3.50. The van der Waals surface area contributed by atoms with Gasteiger partial charge in [0.2, 0.25) is 5.88 Å². The molecule has 0 aliphatic carbocycles. The van der Waals surface area contributed by atoms with E-state index in [2.05, 4.69) is 20.2 Å². The smallest absolute Gasteiger partial charge is 0.417 e. The van der Waals surface area contributed by atoms with Crippen LogP contribution in [0, 0.1) is 6.92 Å². The molecule has 1 aliphatic heterocycles. The van der Waals surface area contributed by atoms with Crippen LogP contribution in [0.2, 0.25) is 0 Å². The second kappa shape index (κ2) is 9.12. The highest BCUT2D eigenvalue weighted by Crippen LogP contribution is 2.45. The van der Waals surface area contributed by atoms with E-state index in [4.69, 9.17) is 13.9 Å². The first-order valence-electron chi connectivity index (χ1n) is 11.9. The second-order valence-corrected chi connectivity index (χ2v) is 9.63. The fourth-order valence-corrected chi connectivity index (χ4v) is 4.73. The first kappa shape index (κ1) is 25.7. The van der Waals surface area contributed by atoms with Gasteiger partial charge in [0.1, 0.15) is 11.4 Å². The lowest BCUT2D eigenvalue weighted by Gasteiger charge is -2.44. The van der Waals surface area contributed by atoms with Crippen molar-refractivity contribution in [1.29, 1.82) is 0 Å².